The fraction of sp³-hybridized carbons (Fsp3) is 0.324. The van der Waals surface area contributed by atoms with Crippen molar-refractivity contribution >= 4 is 16.8 Å². The van der Waals surface area contributed by atoms with Gasteiger partial charge in [-0.2, -0.15) is 0 Å². The second kappa shape index (κ2) is 13.0. The van der Waals surface area contributed by atoms with Crippen molar-refractivity contribution in [2.24, 2.45) is 5.92 Å². The third-order valence-electron chi connectivity index (χ3n) is 8.23. The molecule has 0 bridgehead atoms. The number of nitrogens with one attached hydrogen (secondary N) is 3. The van der Waals surface area contributed by atoms with E-state index in [9.17, 15) is 4.79 Å². The van der Waals surface area contributed by atoms with Gasteiger partial charge in [-0.05, 0) is 60.7 Å². The molecule has 6 rings (SSSR count). The highest BCUT2D eigenvalue weighted by Gasteiger charge is 2.28. The van der Waals surface area contributed by atoms with Gasteiger partial charge in [0.25, 0.3) is 0 Å². The van der Waals surface area contributed by atoms with Crippen molar-refractivity contribution in [2.45, 2.75) is 44.7 Å². The van der Waals surface area contributed by atoms with E-state index in [0.717, 1.165) is 71.7 Å². The van der Waals surface area contributed by atoms with Gasteiger partial charge in [0.2, 0.25) is 5.91 Å². The van der Waals surface area contributed by atoms with E-state index >= 15 is 0 Å². The number of piperidine rings is 1. The zero-order chi connectivity index (χ0) is 28.7. The first-order valence-electron chi connectivity index (χ1n) is 14.8. The van der Waals surface area contributed by atoms with Gasteiger partial charge >= 0.3 is 0 Å². The molecule has 2 atom stereocenters. The molecule has 3 aromatic carbocycles. The van der Waals surface area contributed by atoms with Gasteiger partial charge in [-0.1, -0.05) is 60.7 Å². The predicted octanol–water partition coefficient (Wildman–Crippen LogP) is 5.00. The van der Waals surface area contributed by atoms with E-state index in [1.807, 2.05) is 30.5 Å². The molecule has 216 valence electrons. The summed E-state index contributed by atoms with van der Waals surface area (Å²) >= 11 is 0. The Kier molecular flexibility index (Phi) is 8.61. The van der Waals surface area contributed by atoms with Crippen LogP contribution in [0.2, 0.25) is 0 Å². The summed E-state index contributed by atoms with van der Waals surface area (Å²) < 4.78 is 7.58. The maximum Gasteiger partial charge on any atom is 0.224 e. The van der Waals surface area contributed by atoms with Crippen LogP contribution in [-0.4, -0.2) is 45.9 Å². The molecule has 0 radical (unpaired) electrons. The SMILES string of the molecule is COc1ccc(Cn2c(CCc3ccccc3)nnc2[C@@H](Cc2c[nH]c3ccccc23)NC(=O)[C@H]2CCCNC2)cc1. The number of nitrogens with zero attached hydrogens (tertiary/aromatic N) is 3. The molecule has 3 N–H and O–H groups in total. The van der Waals surface area contributed by atoms with Crippen molar-refractivity contribution in [3.05, 3.63) is 113 Å². The molecule has 8 nitrogen and oxygen atoms in total. The second-order valence-electron chi connectivity index (χ2n) is 11.1. The molecule has 1 aliphatic heterocycles. The Morgan fingerprint density at radius 1 is 1.00 bits per heavy atom. The van der Waals surface area contributed by atoms with Crippen LogP contribution in [0.5, 0.6) is 5.75 Å². The number of methoxy groups -OCH3 is 1. The lowest BCUT2D eigenvalue weighted by atomic mass is 9.97. The summed E-state index contributed by atoms with van der Waals surface area (Å²) in [7, 11) is 1.68. The summed E-state index contributed by atoms with van der Waals surface area (Å²) in [6.07, 6.45) is 6.14. The highest BCUT2D eigenvalue weighted by molar-refractivity contribution is 5.83. The number of hydrogen-bond acceptors (Lipinski definition) is 5. The summed E-state index contributed by atoms with van der Waals surface area (Å²) in [5.74, 6) is 2.51. The minimum absolute atomic E-state index is 0.0558. The van der Waals surface area contributed by atoms with E-state index in [0.29, 0.717) is 19.5 Å². The fourth-order valence-corrected chi connectivity index (χ4v) is 5.87. The smallest absolute Gasteiger partial charge is 0.224 e. The summed E-state index contributed by atoms with van der Waals surface area (Å²) in [4.78, 5) is 17.0. The number of rotatable bonds is 11. The normalized spacial score (nSPS) is 15.9. The third-order valence-corrected chi connectivity index (χ3v) is 8.23. The molecule has 0 spiro atoms. The summed E-state index contributed by atoms with van der Waals surface area (Å²) in [6, 6.07) is 26.5. The third kappa shape index (κ3) is 6.39. The molecule has 1 saturated heterocycles. The van der Waals surface area contributed by atoms with Crippen LogP contribution in [0.3, 0.4) is 0 Å². The molecular weight excluding hydrogens is 524 g/mol. The maximum absolute atomic E-state index is 13.6. The van der Waals surface area contributed by atoms with Crippen LogP contribution in [0, 0.1) is 5.92 Å². The van der Waals surface area contributed by atoms with Crippen LogP contribution in [-0.2, 0) is 30.6 Å². The van der Waals surface area contributed by atoms with E-state index in [4.69, 9.17) is 14.9 Å². The number of H-pyrrole nitrogens is 1. The number of carbonyl (C=O) groups excluding carboxylic acids is 1. The lowest BCUT2D eigenvalue weighted by Crippen LogP contribution is -2.42. The Balaban J connectivity index is 1.36. The predicted molar refractivity (Wildman–Crippen MR) is 164 cm³/mol. The number of ether oxygens (including phenoxy) is 1. The first kappa shape index (κ1) is 27.7. The van der Waals surface area contributed by atoms with Crippen molar-refractivity contribution in [3.63, 3.8) is 0 Å². The Morgan fingerprint density at radius 3 is 2.60 bits per heavy atom. The molecule has 1 amide bonds. The van der Waals surface area contributed by atoms with Gasteiger partial charge in [-0.25, -0.2) is 0 Å². The molecule has 1 fully saturated rings. The van der Waals surface area contributed by atoms with Gasteiger partial charge in [-0.15, -0.1) is 10.2 Å². The van der Waals surface area contributed by atoms with Crippen molar-refractivity contribution in [1.29, 1.82) is 0 Å². The van der Waals surface area contributed by atoms with E-state index in [1.165, 1.54) is 5.56 Å². The zero-order valence-electron chi connectivity index (χ0n) is 24.1. The van der Waals surface area contributed by atoms with Crippen molar-refractivity contribution in [3.8, 4) is 5.75 Å². The number of aryl methyl sites for hydroxylation is 2. The van der Waals surface area contributed by atoms with Gasteiger partial charge < -0.3 is 24.9 Å². The largest absolute Gasteiger partial charge is 0.497 e. The fourth-order valence-electron chi connectivity index (χ4n) is 5.87. The minimum atomic E-state index is -0.338. The van der Waals surface area contributed by atoms with E-state index in [-0.39, 0.29) is 17.9 Å². The molecule has 8 heteroatoms. The number of benzene rings is 3. The van der Waals surface area contributed by atoms with Crippen LogP contribution in [0.1, 0.15) is 47.2 Å². The number of fused-ring (bicyclic) bond motifs is 1. The second-order valence-corrected chi connectivity index (χ2v) is 11.1. The van der Waals surface area contributed by atoms with E-state index < -0.39 is 0 Å². The molecule has 5 aromatic rings. The van der Waals surface area contributed by atoms with Crippen LogP contribution in [0.4, 0.5) is 0 Å². The molecule has 0 unspecified atom stereocenters. The summed E-state index contributed by atoms with van der Waals surface area (Å²) in [6.45, 7) is 2.26. The Bertz CT molecular complexity index is 1600. The van der Waals surface area contributed by atoms with E-state index in [2.05, 4.69) is 74.8 Å². The molecule has 1 aliphatic rings. The van der Waals surface area contributed by atoms with Crippen molar-refractivity contribution < 1.29 is 9.53 Å². The first-order valence-corrected chi connectivity index (χ1v) is 14.8. The van der Waals surface area contributed by atoms with Gasteiger partial charge in [0.05, 0.1) is 25.6 Å². The Hall–Kier alpha value is -4.43. The van der Waals surface area contributed by atoms with Crippen LogP contribution < -0.4 is 15.4 Å². The number of carbonyl (C=O) groups is 1. The van der Waals surface area contributed by atoms with E-state index in [1.54, 1.807) is 7.11 Å². The summed E-state index contributed by atoms with van der Waals surface area (Å²) in [5.41, 5.74) is 4.60. The van der Waals surface area contributed by atoms with Gasteiger partial charge in [0.1, 0.15) is 11.6 Å². The van der Waals surface area contributed by atoms with Gasteiger partial charge in [0.15, 0.2) is 5.82 Å². The molecule has 0 saturated carbocycles. The Morgan fingerprint density at radius 2 is 1.81 bits per heavy atom. The maximum atomic E-state index is 13.6. The lowest BCUT2D eigenvalue weighted by molar-refractivity contribution is -0.126. The summed E-state index contributed by atoms with van der Waals surface area (Å²) in [5, 5.41) is 17.4. The Labute approximate surface area is 246 Å². The topological polar surface area (TPSA) is 96.9 Å². The molecule has 0 aliphatic carbocycles. The zero-order valence-corrected chi connectivity index (χ0v) is 24.1. The number of aromatic nitrogens is 4. The average Bonchev–Trinajstić information content (AvgIpc) is 3.64. The van der Waals surface area contributed by atoms with Crippen LogP contribution in [0.25, 0.3) is 10.9 Å². The monoisotopic (exact) mass is 562 g/mol. The van der Waals surface area contributed by atoms with Crippen molar-refractivity contribution in [1.82, 2.24) is 30.4 Å². The highest BCUT2D eigenvalue weighted by Crippen LogP contribution is 2.26. The average molecular weight is 563 g/mol. The van der Waals surface area contributed by atoms with Crippen molar-refractivity contribution in [2.75, 3.05) is 20.2 Å². The minimum Gasteiger partial charge on any atom is -0.497 e. The standard InChI is InChI=1S/C34H38N6O2/c1-42-28-16-13-25(14-17-28)23-40-32(18-15-24-8-3-2-4-9-24)38-39-33(40)31(37-34(41)26-10-7-19-35-21-26)20-27-22-36-30-12-6-5-11-29(27)30/h2-6,8-9,11-14,16-17,22,26,31,35-36H,7,10,15,18-21,23H2,1H3,(H,37,41)/t26-,31+/m0/s1. The molecular formula is C34H38N6O2. The number of aromatic amines is 1. The first-order chi connectivity index (χ1) is 20.7. The van der Waals surface area contributed by atoms with Gasteiger partial charge in [0, 0.05) is 36.5 Å². The van der Waals surface area contributed by atoms with Crippen LogP contribution in [0.15, 0.2) is 85.1 Å². The number of para-hydroxylation sites is 1. The molecule has 42 heavy (non-hydrogen) atoms. The number of hydrogen-bond donors (Lipinski definition) is 3. The van der Waals surface area contributed by atoms with Gasteiger partial charge in [-0.3, -0.25) is 4.79 Å². The quantitative estimate of drug-likeness (QED) is 0.211. The molecule has 2 aromatic heterocycles. The number of amides is 1. The van der Waals surface area contributed by atoms with Crippen LogP contribution >= 0.6 is 0 Å². The molecule has 3 heterocycles. The lowest BCUT2D eigenvalue weighted by Gasteiger charge is -2.26. The highest BCUT2D eigenvalue weighted by atomic mass is 16.5.